The molecule has 1 amide bonds. The fourth-order valence-corrected chi connectivity index (χ4v) is 2.34. The summed E-state index contributed by atoms with van der Waals surface area (Å²) in [6.07, 6.45) is 1.40. The van der Waals surface area contributed by atoms with Crippen molar-refractivity contribution in [3.8, 4) is 0 Å². The van der Waals surface area contributed by atoms with Gasteiger partial charge in [0.05, 0.1) is 5.92 Å². The van der Waals surface area contributed by atoms with Gasteiger partial charge in [-0.25, -0.2) is 8.42 Å². The molecule has 1 unspecified atom stereocenters. The van der Waals surface area contributed by atoms with Gasteiger partial charge in [0, 0.05) is 12.8 Å². The van der Waals surface area contributed by atoms with E-state index in [1.807, 2.05) is 13.8 Å². The van der Waals surface area contributed by atoms with Crippen LogP contribution in [0.5, 0.6) is 0 Å². The van der Waals surface area contributed by atoms with Gasteiger partial charge in [0.25, 0.3) is 5.91 Å². The fraction of sp³-hybridized carbons (Fsp3) is 0.538. The highest BCUT2D eigenvalue weighted by Gasteiger charge is 2.22. The molecule has 2 N–H and O–H groups in total. The van der Waals surface area contributed by atoms with Gasteiger partial charge < -0.3 is 14.8 Å². The Hall–Kier alpha value is -1.83. The third kappa shape index (κ3) is 5.22. The first-order chi connectivity index (χ1) is 9.61. The lowest BCUT2D eigenvalue weighted by Crippen LogP contribution is -2.33. The Bertz CT molecular complexity index is 616. The molecule has 0 radical (unpaired) electrons. The molecular weight excluding hydrogens is 298 g/mol. The van der Waals surface area contributed by atoms with E-state index in [1.165, 1.54) is 12.1 Å². The van der Waals surface area contributed by atoms with Crippen molar-refractivity contribution in [3.63, 3.8) is 0 Å². The fourth-order valence-electron chi connectivity index (χ4n) is 1.78. The van der Waals surface area contributed by atoms with Gasteiger partial charge in [-0.05, 0) is 24.5 Å². The smallest absolute Gasteiger partial charge is 0.308 e. The number of sulfone groups is 1. The van der Waals surface area contributed by atoms with Crippen LogP contribution in [0.4, 0.5) is 0 Å². The SMILES string of the molecule is CC(C)CC(CNC(=O)c1ccc(S(C)(=O)=O)o1)C(=O)O. The van der Waals surface area contributed by atoms with E-state index in [1.54, 1.807) is 0 Å². The van der Waals surface area contributed by atoms with Crippen molar-refractivity contribution in [2.24, 2.45) is 11.8 Å². The summed E-state index contributed by atoms with van der Waals surface area (Å²) in [4.78, 5) is 22.9. The molecule has 8 heteroatoms. The van der Waals surface area contributed by atoms with Gasteiger partial charge in [-0.1, -0.05) is 13.8 Å². The maximum Gasteiger partial charge on any atom is 0.308 e. The Balaban J connectivity index is 2.68. The van der Waals surface area contributed by atoms with Crippen LogP contribution < -0.4 is 5.32 Å². The van der Waals surface area contributed by atoms with E-state index in [-0.39, 0.29) is 23.3 Å². The third-order valence-corrected chi connectivity index (χ3v) is 3.74. The van der Waals surface area contributed by atoms with Crippen molar-refractivity contribution in [2.75, 3.05) is 12.8 Å². The summed E-state index contributed by atoms with van der Waals surface area (Å²) in [6, 6.07) is 2.43. The molecule has 1 atom stereocenters. The lowest BCUT2D eigenvalue weighted by atomic mass is 9.97. The molecule has 1 aromatic rings. The first-order valence-electron chi connectivity index (χ1n) is 6.42. The highest BCUT2D eigenvalue weighted by molar-refractivity contribution is 7.90. The Labute approximate surface area is 123 Å². The third-order valence-electron chi connectivity index (χ3n) is 2.78. The van der Waals surface area contributed by atoms with Gasteiger partial charge in [0.2, 0.25) is 14.9 Å². The highest BCUT2D eigenvalue weighted by atomic mass is 32.2. The number of furan rings is 1. The zero-order valence-electron chi connectivity index (χ0n) is 12.1. The van der Waals surface area contributed by atoms with E-state index < -0.39 is 27.6 Å². The number of hydrogen-bond donors (Lipinski definition) is 2. The molecule has 1 aromatic heterocycles. The largest absolute Gasteiger partial charge is 0.481 e. The average Bonchev–Trinajstić information content (AvgIpc) is 2.82. The minimum atomic E-state index is -3.52. The number of rotatable bonds is 7. The summed E-state index contributed by atoms with van der Waals surface area (Å²) in [5, 5.41) is 11.2. The summed E-state index contributed by atoms with van der Waals surface area (Å²) < 4.78 is 27.4. The predicted molar refractivity (Wildman–Crippen MR) is 74.7 cm³/mol. The molecule has 0 saturated carbocycles. The molecule has 118 valence electrons. The molecule has 0 fully saturated rings. The van der Waals surface area contributed by atoms with E-state index in [9.17, 15) is 18.0 Å². The Morgan fingerprint density at radius 1 is 1.33 bits per heavy atom. The second kappa shape index (κ2) is 6.75. The van der Waals surface area contributed by atoms with Gasteiger partial charge >= 0.3 is 5.97 Å². The number of nitrogens with one attached hydrogen (secondary N) is 1. The predicted octanol–water partition coefficient (Wildman–Crippen LogP) is 1.16. The van der Waals surface area contributed by atoms with Crippen LogP contribution in [-0.4, -0.2) is 38.2 Å². The molecule has 0 aromatic carbocycles. The monoisotopic (exact) mass is 317 g/mol. The normalized spacial score (nSPS) is 13.1. The minimum absolute atomic E-state index is 0.0404. The summed E-state index contributed by atoms with van der Waals surface area (Å²) in [6.45, 7) is 3.74. The highest BCUT2D eigenvalue weighted by Crippen LogP contribution is 2.14. The zero-order valence-corrected chi connectivity index (χ0v) is 12.9. The van der Waals surface area contributed by atoms with Crippen molar-refractivity contribution in [1.82, 2.24) is 5.32 Å². The standard InChI is InChI=1S/C13H19NO6S/c1-8(2)6-9(13(16)17)7-14-12(15)10-4-5-11(20-10)21(3,18)19/h4-5,8-9H,6-7H2,1-3H3,(H,14,15)(H,16,17). The molecule has 0 aliphatic carbocycles. The van der Waals surface area contributed by atoms with E-state index >= 15 is 0 Å². The van der Waals surface area contributed by atoms with E-state index in [4.69, 9.17) is 9.52 Å². The topological polar surface area (TPSA) is 114 Å². The number of aliphatic carboxylic acids is 1. The molecule has 0 bridgehead atoms. The van der Waals surface area contributed by atoms with Crippen molar-refractivity contribution in [2.45, 2.75) is 25.4 Å². The number of hydrogen-bond acceptors (Lipinski definition) is 5. The number of carboxylic acid groups (broad SMARTS) is 1. The molecule has 0 spiro atoms. The Morgan fingerprint density at radius 3 is 2.38 bits per heavy atom. The zero-order chi connectivity index (χ0) is 16.2. The van der Waals surface area contributed by atoms with Crippen LogP contribution in [-0.2, 0) is 14.6 Å². The molecule has 7 nitrogen and oxygen atoms in total. The number of amides is 1. The average molecular weight is 317 g/mol. The molecule has 0 saturated heterocycles. The van der Waals surface area contributed by atoms with Gasteiger partial charge in [-0.3, -0.25) is 9.59 Å². The van der Waals surface area contributed by atoms with Crippen LogP contribution in [0, 0.1) is 11.8 Å². The van der Waals surface area contributed by atoms with Crippen molar-refractivity contribution < 1.29 is 27.5 Å². The first-order valence-corrected chi connectivity index (χ1v) is 8.31. The summed E-state index contributed by atoms with van der Waals surface area (Å²) in [7, 11) is -3.52. The number of carboxylic acids is 1. The molecule has 1 heterocycles. The minimum Gasteiger partial charge on any atom is -0.481 e. The van der Waals surface area contributed by atoms with Crippen LogP contribution in [0.2, 0.25) is 0 Å². The summed E-state index contributed by atoms with van der Waals surface area (Å²) in [5.41, 5.74) is 0. The second-order valence-electron chi connectivity index (χ2n) is 5.27. The molecule has 0 aliphatic heterocycles. The first kappa shape index (κ1) is 17.2. The lowest BCUT2D eigenvalue weighted by Gasteiger charge is -2.14. The Morgan fingerprint density at radius 2 is 1.95 bits per heavy atom. The molecule has 0 aliphatic rings. The van der Waals surface area contributed by atoms with Crippen molar-refractivity contribution in [1.29, 1.82) is 0 Å². The number of carbonyl (C=O) groups excluding carboxylic acids is 1. The quantitative estimate of drug-likeness (QED) is 0.780. The van der Waals surface area contributed by atoms with Crippen molar-refractivity contribution >= 4 is 21.7 Å². The summed E-state index contributed by atoms with van der Waals surface area (Å²) >= 11 is 0. The van der Waals surface area contributed by atoms with Crippen molar-refractivity contribution in [3.05, 3.63) is 17.9 Å². The molecule has 21 heavy (non-hydrogen) atoms. The molecule has 1 rings (SSSR count). The molecular formula is C13H19NO6S. The second-order valence-corrected chi connectivity index (χ2v) is 7.21. The van der Waals surface area contributed by atoms with Gasteiger partial charge in [-0.2, -0.15) is 0 Å². The van der Waals surface area contributed by atoms with E-state index in [0.29, 0.717) is 6.42 Å². The van der Waals surface area contributed by atoms with Gasteiger partial charge in [-0.15, -0.1) is 0 Å². The van der Waals surface area contributed by atoms with Gasteiger partial charge in [0.1, 0.15) is 0 Å². The van der Waals surface area contributed by atoms with Crippen LogP contribution in [0.15, 0.2) is 21.6 Å². The van der Waals surface area contributed by atoms with Crippen LogP contribution >= 0.6 is 0 Å². The van der Waals surface area contributed by atoms with Crippen LogP contribution in [0.25, 0.3) is 0 Å². The van der Waals surface area contributed by atoms with E-state index in [0.717, 1.165) is 6.26 Å². The number of carbonyl (C=O) groups is 2. The van der Waals surface area contributed by atoms with Gasteiger partial charge in [0.15, 0.2) is 5.76 Å². The Kier molecular flexibility index (Phi) is 5.54. The summed E-state index contributed by atoms with van der Waals surface area (Å²) in [5.74, 6) is -2.30. The van der Waals surface area contributed by atoms with Crippen LogP contribution in [0.1, 0.15) is 30.8 Å². The lowest BCUT2D eigenvalue weighted by molar-refractivity contribution is -0.142. The van der Waals surface area contributed by atoms with Crippen LogP contribution in [0.3, 0.4) is 0 Å². The van der Waals surface area contributed by atoms with E-state index in [2.05, 4.69) is 5.32 Å². The maximum atomic E-state index is 11.8. The maximum absolute atomic E-state index is 11.8.